The number of aromatic nitrogens is 1. The van der Waals surface area contributed by atoms with E-state index in [4.69, 9.17) is 16.0 Å². The van der Waals surface area contributed by atoms with Crippen molar-refractivity contribution in [1.29, 1.82) is 0 Å². The smallest absolute Gasteiger partial charge is 0.243 e. The van der Waals surface area contributed by atoms with Gasteiger partial charge in [-0.2, -0.15) is 0 Å². The Bertz CT molecular complexity index is 383. The average molecular weight is 206 g/mol. The predicted molar refractivity (Wildman–Crippen MR) is 56.5 cm³/mol. The van der Waals surface area contributed by atoms with Crippen LogP contribution in [0.3, 0.4) is 0 Å². The Morgan fingerprint density at radius 1 is 1.47 bits per heavy atom. The number of hydrogen-bond acceptors (Lipinski definition) is 3. The summed E-state index contributed by atoms with van der Waals surface area (Å²) in [5.41, 5.74) is 2.59. The molecule has 80 valence electrons. The molecule has 0 saturated heterocycles. The molecule has 0 spiro atoms. The van der Waals surface area contributed by atoms with Crippen LogP contribution < -0.4 is 4.74 Å². The zero-order chi connectivity index (χ0) is 11.3. The van der Waals surface area contributed by atoms with Crippen LogP contribution in [0.2, 0.25) is 0 Å². The van der Waals surface area contributed by atoms with Crippen molar-refractivity contribution in [1.82, 2.24) is 4.98 Å². The Balaban J connectivity index is 3.23. The van der Waals surface area contributed by atoms with Crippen molar-refractivity contribution < 1.29 is 9.47 Å². The molecular weight excluding hydrogens is 192 g/mol. The SMILES string of the molecule is [C-]#[N+]Cc1c(COC)cnc(C)c1OC. The van der Waals surface area contributed by atoms with Gasteiger partial charge in [0.2, 0.25) is 6.54 Å². The van der Waals surface area contributed by atoms with Gasteiger partial charge in [0.25, 0.3) is 0 Å². The fourth-order valence-corrected chi connectivity index (χ4v) is 1.48. The minimum Gasteiger partial charge on any atom is -0.494 e. The van der Waals surface area contributed by atoms with Gasteiger partial charge >= 0.3 is 0 Å². The Labute approximate surface area is 89.7 Å². The lowest BCUT2D eigenvalue weighted by molar-refractivity contribution is 0.183. The van der Waals surface area contributed by atoms with Crippen molar-refractivity contribution in [2.75, 3.05) is 14.2 Å². The molecular formula is C11H14N2O2. The lowest BCUT2D eigenvalue weighted by Crippen LogP contribution is -2.02. The molecule has 4 nitrogen and oxygen atoms in total. The van der Waals surface area contributed by atoms with E-state index >= 15 is 0 Å². The number of hydrogen-bond donors (Lipinski definition) is 0. The summed E-state index contributed by atoms with van der Waals surface area (Å²) in [6, 6.07) is 0. The van der Waals surface area contributed by atoms with Crippen molar-refractivity contribution in [3.05, 3.63) is 34.4 Å². The van der Waals surface area contributed by atoms with Crippen molar-refractivity contribution in [2.45, 2.75) is 20.1 Å². The molecule has 15 heavy (non-hydrogen) atoms. The Morgan fingerprint density at radius 2 is 2.20 bits per heavy atom. The summed E-state index contributed by atoms with van der Waals surface area (Å²) in [5, 5.41) is 0. The van der Waals surface area contributed by atoms with Crippen molar-refractivity contribution in [3.63, 3.8) is 0 Å². The molecule has 1 aromatic heterocycles. The largest absolute Gasteiger partial charge is 0.494 e. The molecule has 0 N–H and O–H groups in total. The Morgan fingerprint density at radius 3 is 2.73 bits per heavy atom. The van der Waals surface area contributed by atoms with Gasteiger partial charge in [0, 0.05) is 18.9 Å². The van der Waals surface area contributed by atoms with Gasteiger partial charge in [0.05, 0.1) is 25.0 Å². The fourth-order valence-electron chi connectivity index (χ4n) is 1.48. The summed E-state index contributed by atoms with van der Waals surface area (Å²) < 4.78 is 10.3. The predicted octanol–water partition coefficient (Wildman–Crippen LogP) is 1.96. The van der Waals surface area contributed by atoms with Crippen LogP contribution in [0.5, 0.6) is 5.75 Å². The lowest BCUT2D eigenvalue weighted by Gasteiger charge is -2.11. The molecule has 1 rings (SSSR count). The minimum absolute atomic E-state index is 0.297. The highest BCUT2D eigenvalue weighted by atomic mass is 16.5. The molecule has 0 unspecified atom stereocenters. The van der Waals surface area contributed by atoms with E-state index in [0.717, 1.165) is 16.8 Å². The Kier molecular flexibility index (Phi) is 4.07. The normalized spacial score (nSPS) is 9.73. The highest BCUT2D eigenvalue weighted by molar-refractivity contribution is 5.42. The van der Waals surface area contributed by atoms with Gasteiger partial charge < -0.3 is 14.3 Å². The maximum absolute atomic E-state index is 6.92. The van der Waals surface area contributed by atoms with Crippen LogP contribution in [-0.4, -0.2) is 19.2 Å². The minimum atomic E-state index is 0.297. The molecule has 0 aliphatic rings. The molecule has 0 fully saturated rings. The fraction of sp³-hybridized carbons (Fsp3) is 0.455. The third-order valence-corrected chi connectivity index (χ3v) is 2.15. The second kappa shape index (κ2) is 5.32. The second-order valence-corrected chi connectivity index (χ2v) is 3.13. The molecule has 1 heterocycles. The van der Waals surface area contributed by atoms with Crippen LogP contribution in [0.25, 0.3) is 4.85 Å². The molecule has 0 aliphatic heterocycles. The van der Waals surface area contributed by atoms with Gasteiger partial charge in [-0.1, -0.05) is 0 Å². The molecule has 0 aliphatic carbocycles. The molecule has 0 amide bonds. The van der Waals surface area contributed by atoms with E-state index in [1.165, 1.54) is 0 Å². The van der Waals surface area contributed by atoms with Gasteiger partial charge in [-0.25, -0.2) is 6.57 Å². The van der Waals surface area contributed by atoms with Crippen LogP contribution >= 0.6 is 0 Å². The summed E-state index contributed by atoms with van der Waals surface area (Å²) in [5.74, 6) is 0.695. The zero-order valence-electron chi connectivity index (χ0n) is 9.20. The van der Waals surface area contributed by atoms with Gasteiger partial charge in [0.15, 0.2) is 5.75 Å². The van der Waals surface area contributed by atoms with E-state index in [-0.39, 0.29) is 0 Å². The standard InChI is InChI=1S/C11H14N2O2/c1-8-11(15-4)10(6-12-2)9(5-13-8)7-14-3/h5H,6-7H2,1,3-4H3. The van der Waals surface area contributed by atoms with Crippen molar-refractivity contribution in [2.24, 2.45) is 0 Å². The first-order chi connectivity index (χ1) is 7.24. The van der Waals surface area contributed by atoms with Crippen LogP contribution in [-0.2, 0) is 17.9 Å². The van der Waals surface area contributed by atoms with Crippen LogP contribution in [0.4, 0.5) is 0 Å². The molecule has 0 atom stereocenters. The van der Waals surface area contributed by atoms with E-state index in [1.54, 1.807) is 20.4 Å². The third-order valence-electron chi connectivity index (χ3n) is 2.15. The monoisotopic (exact) mass is 206 g/mol. The van der Waals surface area contributed by atoms with Gasteiger partial charge in [-0.3, -0.25) is 4.98 Å². The molecule has 0 radical (unpaired) electrons. The van der Waals surface area contributed by atoms with Gasteiger partial charge in [0.1, 0.15) is 0 Å². The number of ether oxygens (including phenoxy) is 2. The first-order valence-corrected chi connectivity index (χ1v) is 4.58. The van der Waals surface area contributed by atoms with E-state index in [0.29, 0.717) is 18.9 Å². The van der Waals surface area contributed by atoms with E-state index in [2.05, 4.69) is 9.83 Å². The van der Waals surface area contributed by atoms with Gasteiger partial charge in [-0.15, -0.1) is 0 Å². The molecule has 0 aromatic carbocycles. The van der Waals surface area contributed by atoms with Crippen molar-refractivity contribution in [3.8, 4) is 5.75 Å². The summed E-state index contributed by atoms with van der Waals surface area (Å²) in [6.45, 7) is 9.53. The molecule has 0 saturated carbocycles. The number of nitrogens with zero attached hydrogens (tertiary/aromatic N) is 2. The van der Waals surface area contributed by atoms with Crippen LogP contribution in [0.1, 0.15) is 16.8 Å². The topological polar surface area (TPSA) is 35.7 Å². The summed E-state index contributed by atoms with van der Waals surface area (Å²) in [4.78, 5) is 7.59. The summed E-state index contributed by atoms with van der Waals surface area (Å²) in [7, 11) is 3.21. The lowest BCUT2D eigenvalue weighted by atomic mass is 10.1. The van der Waals surface area contributed by atoms with E-state index in [9.17, 15) is 0 Å². The third kappa shape index (κ3) is 2.45. The number of methoxy groups -OCH3 is 2. The maximum Gasteiger partial charge on any atom is 0.243 e. The van der Waals surface area contributed by atoms with Crippen molar-refractivity contribution >= 4 is 0 Å². The first kappa shape index (κ1) is 11.5. The van der Waals surface area contributed by atoms with Gasteiger partial charge in [-0.05, 0) is 6.92 Å². The molecule has 1 aromatic rings. The maximum atomic E-state index is 6.92. The Hall–Kier alpha value is -1.60. The summed E-state index contributed by atoms with van der Waals surface area (Å²) in [6.07, 6.45) is 1.74. The zero-order valence-corrected chi connectivity index (χ0v) is 9.20. The van der Waals surface area contributed by atoms with Crippen LogP contribution in [0, 0.1) is 13.5 Å². The number of aryl methyl sites for hydroxylation is 1. The molecule has 4 heteroatoms. The van der Waals surface area contributed by atoms with Crippen LogP contribution in [0.15, 0.2) is 6.20 Å². The van der Waals surface area contributed by atoms with E-state index in [1.807, 2.05) is 6.92 Å². The second-order valence-electron chi connectivity index (χ2n) is 3.13. The quantitative estimate of drug-likeness (QED) is 0.706. The molecule has 0 bridgehead atoms. The highest BCUT2D eigenvalue weighted by Crippen LogP contribution is 2.26. The number of pyridine rings is 1. The summed E-state index contributed by atoms with van der Waals surface area (Å²) >= 11 is 0. The number of rotatable bonds is 4. The average Bonchev–Trinajstić information content (AvgIpc) is 2.23. The van der Waals surface area contributed by atoms with E-state index < -0.39 is 0 Å². The first-order valence-electron chi connectivity index (χ1n) is 4.58. The highest BCUT2D eigenvalue weighted by Gasteiger charge is 2.15.